The van der Waals surface area contributed by atoms with Crippen LogP contribution in [-0.4, -0.2) is 28.8 Å². The van der Waals surface area contributed by atoms with E-state index in [0.29, 0.717) is 13.2 Å². The van der Waals surface area contributed by atoms with Crippen molar-refractivity contribution in [1.29, 1.82) is 0 Å². The summed E-state index contributed by atoms with van der Waals surface area (Å²) in [7, 11) is 1.50. The molecule has 1 aromatic carbocycles. The number of aryl methyl sites for hydroxylation is 3. The molecule has 0 bridgehead atoms. The summed E-state index contributed by atoms with van der Waals surface area (Å²) < 4.78 is 6.73. The van der Waals surface area contributed by atoms with Gasteiger partial charge in [0.25, 0.3) is 11.5 Å². The Morgan fingerprint density at radius 1 is 1.23 bits per heavy atom. The molecule has 0 spiro atoms. The second kappa shape index (κ2) is 6.89. The van der Waals surface area contributed by atoms with Gasteiger partial charge in [0, 0.05) is 13.1 Å². The fourth-order valence-electron chi connectivity index (χ4n) is 2.06. The quantitative estimate of drug-likeness (QED) is 0.842. The van der Waals surface area contributed by atoms with E-state index < -0.39 is 0 Å². The van der Waals surface area contributed by atoms with Gasteiger partial charge in [-0.15, -0.1) is 0 Å². The average Bonchev–Trinajstić information content (AvgIpc) is 2.45. The fraction of sp³-hybridized carbons (Fsp3) is 0.312. The van der Waals surface area contributed by atoms with Crippen molar-refractivity contribution >= 4 is 5.91 Å². The summed E-state index contributed by atoms with van der Waals surface area (Å²) in [6.07, 6.45) is 0. The second-order valence-electron chi connectivity index (χ2n) is 5.11. The molecule has 0 unspecified atom stereocenters. The van der Waals surface area contributed by atoms with Gasteiger partial charge in [0.1, 0.15) is 18.1 Å². The highest BCUT2D eigenvalue weighted by Crippen LogP contribution is 2.15. The average molecular weight is 301 g/mol. The van der Waals surface area contributed by atoms with Crippen molar-refractivity contribution in [2.24, 2.45) is 7.05 Å². The van der Waals surface area contributed by atoms with Crippen molar-refractivity contribution in [1.82, 2.24) is 15.1 Å². The van der Waals surface area contributed by atoms with Gasteiger partial charge in [-0.1, -0.05) is 6.07 Å². The maximum Gasteiger partial charge on any atom is 0.271 e. The minimum atomic E-state index is -0.334. The molecule has 0 saturated carbocycles. The first-order valence-electron chi connectivity index (χ1n) is 6.99. The molecule has 1 heterocycles. The van der Waals surface area contributed by atoms with Crippen LogP contribution >= 0.6 is 0 Å². The first kappa shape index (κ1) is 15.8. The van der Waals surface area contributed by atoms with Gasteiger partial charge in [0.15, 0.2) is 0 Å². The molecule has 0 saturated heterocycles. The molecule has 0 aliphatic heterocycles. The summed E-state index contributed by atoms with van der Waals surface area (Å²) in [4.78, 5) is 23.1. The van der Waals surface area contributed by atoms with Crippen LogP contribution in [0.5, 0.6) is 5.75 Å². The zero-order valence-electron chi connectivity index (χ0n) is 12.9. The van der Waals surface area contributed by atoms with Gasteiger partial charge in [-0.05, 0) is 43.2 Å². The van der Waals surface area contributed by atoms with Crippen LogP contribution in [0.2, 0.25) is 0 Å². The molecule has 6 heteroatoms. The third-order valence-electron chi connectivity index (χ3n) is 3.04. The molecule has 2 rings (SSSR count). The summed E-state index contributed by atoms with van der Waals surface area (Å²) in [5.74, 6) is 0.451. The van der Waals surface area contributed by atoms with E-state index >= 15 is 0 Å². The maximum atomic E-state index is 11.9. The van der Waals surface area contributed by atoms with Crippen LogP contribution in [0.25, 0.3) is 0 Å². The van der Waals surface area contributed by atoms with E-state index in [4.69, 9.17) is 4.74 Å². The molecule has 1 amide bonds. The van der Waals surface area contributed by atoms with Crippen molar-refractivity contribution in [2.45, 2.75) is 13.8 Å². The van der Waals surface area contributed by atoms with Gasteiger partial charge in [-0.2, -0.15) is 5.10 Å². The van der Waals surface area contributed by atoms with Crippen molar-refractivity contribution in [3.05, 3.63) is 57.5 Å². The maximum absolute atomic E-state index is 11.9. The Kier molecular flexibility index (Phi) is 4.93. The molecule has 6 nitrogen and oxygen atoms in total. The number of benzene rings is 1. The highest BCUT2D eigenvalue weighted by Gasteiger charge is 2.07. The number of carbonyl (C=O) groups is 1. The Morgan fingerprint density at radius 3 is 2.55 bits per heavy atom. The Hall–Kier alpha value is -2.63. The summed E-state index contributed by atoms with van der Waals surface area (Å²) in [6, 6.07) is 8.68. The van der Waals surface area contributed by atoms with Crippen LogP contribution in [0.15, 0.2) is 35.1 Å². The predicted octanol–water partition coefficient (Wildman–Crippen LogP) is 1.21. The molecule has 0 aliphatic rings. The summed E-state index contributed by atoms with van der Waals surface area (Å²) in [6.45, 7) is 4.73. The van der Waals surface area contributed by atoms with Crippen LogP contribution in [0, 0.1) is 13.8 Å². The number of nitrogens with one attached hydrogen (secondary N) is 1. The number of ether oxygens (including phenoxy) is 1. The predicted molar refractivity (Wildman–Crippen MR) is 83.2 cm³/mol. The fourth-order valence-corrected chi connectivity index (χ4v) is 2.06. The lowest BCUT2D eigenvalue weighted by Crippen LogP contribution is -2.31. The summed E-state index contributed by atoms with van der Waals surface area (Å²) in [5, 5.41) is 6.59. The van der Waals surface area contributed by atoms with Crippen LogP contribution in [0.1, 0.15) is 21.6 Å². The summed E-state index contributed by atoms with van der Waals surface area (Å²) in [5.41, 5.74) is 2.21. The smallest absolute Gasteiger partial charge is 0.271 e. The topological polar surface area (TPSA) is 73.2 Å². The molecule has 0 atom stereocenters. The SMILES string of the molecule is Cc1cc(C)cc(OCCNC(=O)c2ccc(=O)n(C)n2)c1. The number of hydrogen-bond acceptors (Lipinski definition) is 4. The van der Waals surface area contributed by atoms with Crippen LogP contribution in [0.3, 0.4) is 0 Å². The van der Waals surface area contributed by atoms with Gasteiger partial charge >= 0.3 is 0 Å². The number of aromatic nitrogens is 2. The molecular formula is C16H19N3O3. The lowest BCUT2D eigenvalue weighted by molar-refractivity contribution is 0.0939. The minimum Gasteiger partial charge on any atom is -0.492 e. The van der Waals surface area contributed by atoms with Gasteiger partial charge in [0.05, 0.1) is 6.54 Å². The van der Waals surface area contributed by atoms with Gasteiger partial charge in [-0.3, -0.25) is 9.59 Å². The second-order valence-corrected chi connectivity index (χ2v) is 5.11. The zero-order chi connectivity index (χ0) is 16.1. The van der Waals surface area contributed by atoms with Gasteiger partial charge in [0.2, 0.25) is 0 Å². The van der Waals surface area contributed by atoms with E-state index in [-0.39, 0.29) is 17.2 Å². The van der Waals surface area contributed by atoms with Crippen molar-refractivity contribution < 1.29 is 9.53 Å². The lowest BCUT2D eigenvalue weighted by Gasteiger charge is -2.09. The molecular weight excluding hydrogens is 282 g/mol. The number of nitrogens with zero attached hydrogens (tertiary/aromatic N) is 2. The van der Waals surface area contributed by atoms with Crippen molar-refractivity contribution in [3.8, 4) is 5.75 Å². The van der Waals surface area contributed by atoms with E-state index in [2.05, 4.69) is 16.5 Å². The highest BCUT2D eigenvalue weighted by atomic mass is 16.5. The first-order chi connectivity index (χ1) is 10.5. The lowest BCUT2D eigenvalue weighted by atomic mass is 10.1. The zero-order valence-corrected chi connectivity index (χ0v) is 12.9. The normalized spacial score (nSPS) is 10.3. The van der Waals surface area contributed by atoms with Crippen LogP contribution < -0.4 is 15.6 Å². The molecule has 0 aliphatic carbocycles. The van der Waals surface area contributed by atoms with Crippen LogP contribution in [0.4, 0.5) is 0 Å². The van der Waals surface area contributed by atoms with Gasteiger partial charge in [-0.25, -0.2) is 4.68 Å². The van der Waals surface area contributed by atoms with E-state index in [1.54, 1.807) is 0 Å². The number of carbonyl (C=O) groups excluding carboxylic acids is 1. The first-order valence-corrected chi connectivity index (χ1v) is 6.99. The van der Waals surface area contributed by atoms with Gasteiger partial charge < -0.3 is 10.1 Å². The van der Waals surface area contributed by atoms with Crippen molar-refractivity contribution in [3.63, 3.8) is 0 Å². The van der Waals surface area contributed by atoms with Crippen LogP contribution in [-0.2, 0) is 7.05 Å². The Labute approximate surface area is 128 Å². The Balaban J connectivity index is 1.84. The van der Waals surface area contributed by atoms with E-state index in [1.807, 2.05) is 26.0 Å². The molecule has 2 aromatic rings. The molecule has 22 heavy (non-hydrogen) atoms. The minimum absolute atomic E-state index is 0.202. The number of amides is 1. The monoisotopic (exact) mass is 301 g/mol. The standard InChI is InChI=1S/C16H19N3O3/c1-11-8-12(2)10-13(9-11)22-7-6-17-16(21)14-4-5-15(20)19(3)18-14/h4-5,8-10H,6-7H2,1-3H3,(H,17,21). The third-order valence-corrected chi connectivity index (χ3v) is 3.04. The largest absolute Gasteiger partial charge is 0.492 e. The van der Waals surface area contributed by atoms with Crippen molar-refractivity contribution in [2.75, 3.05) is 13.2 Å². The van der Waals surface area contributed by atoms with E-state index in [9.17, 15) is 9.59 Å². The molecule has 1 aromatic heterocycles. The highest BCUT2D eigenvalue weighted by molar-refractivity contribution is 5.91. The molecule has 0 fully saturated rings. The third kappa shape index (κ3) is 4.18. The molecule has 116 valence electrons. The number of rotatable bonds is 5. The number of hydrogen-bond donors (Lipinski definition) is 1. The molecule has 0 radical (unpaired) electrons. The Morgan fingerprint density at radius 2 is 1.91 bits per heavy atom. The molecule has 1 N–H and O–H groups in total. The van der Waals surface area contributed by atoms with E-state index in [0.717, 1.165) is 21.6 Å². The summed E-state index contributed by atoms with van der Waals surface area (Å²) >= 11 is 0. The van der Waals surface area contributed by atoms with E-state index in [1.165, 1.54) is 19.2 Å². The Bertz CT molecular complexity index is 717.